The molecule has 1 saturated heterocycles. The van der Waals surface area contributed by atoms with E-state index >= 15 is 0 Å². The molecular weight excluding hydrogens is 236 g/mol. The van der Waals surface area contributed by atoms with Crippen molar-refractivity contribution in [1.82, 2.24) is 10.6 Å². The summed E-state index contributed by atoms with van der Waals surface area (Å²) < 4.78 is 5.69. The highest BCUT2D eigenvalue weighted by molar-refractivity contribution is 5.37. The summed E-state index contributed by atoms with van der Waals surface area (Å²) in [5.41, 5.74) is 5.56. The van der Waals surface area contributed by atoms with Crippen LogP contribution in [-0.4, -0.2) is 32.3 Å². The number of hydrogen-bond donors (Lipinski definition) is 2. The molecule has 0 aliphatic carbocycles. The molecular formula is C16H26N2O. The molecule has 3 nitrogen and oxygen atoms in total. The van der Waals surface area contributed by atoms with Gasteiger partial charge in [0.1, 0.15) is 0 Å². The minimum Gasteiger partial charge on any atom is -0.376 e. The molecule has 19 heavy (non-hydrogen) atoms. The lowest BCUT2D eigenvalue weighted by Crippen LogP contribution is -2.39. The Morgan fingerprint density at radius 1 is 1.26 bits per heavy atom. The van der Waals surface area contributed by atoms with E-state index < -0.39 is 0 Å². The van der Waals surface area contributed by atoms with Gasteiger partial charge in [0.2, 0.25) is 0 Å². The van der Waals surface area contributed by atoms with Crippen LogP contribution >= 0.6 is 0 Å². The molecule has 0 bridgehead atoms. The van der Waals surface area contributed by atoms with Crippen molar-refractivity contribution < 1.29 is 4.74 Å². The smallest absolute Gasteiger partial charge is 0.0712 e. The maximum Gasteiger partial charge on any atom is 0.0712 e. The lowest BCUT2D eigenvalue weighted by molar-refractivity contribution is 0.0238. The second-order valence-corrected chi connectivity index (χ2v) is 5.54. The predicted molar refractivity (Wildman–Crippen MR) is 79.6 cm³/mol. The number of morpholine rings is 1. The van der Waals surface area contributed by atoms with Crippen LogP contribution in [0.15, 0.2) is 12.1 Å². The first-order valence-corrected chi connectivity index (χ1v) is 7.26. The van der Waals surface area contributed by atoms with Crippen molar-refractivity contribution >= 4 is 0 Å². The number of hydrogen-bond acceptors (Lipinski definition) is 3. The molecule has 0 saturated carbocycles. The highest BCUT2D eigenvalue weighted by Gasteiger charge is 2.12. The van der Waals surface area contributed by atoms with Gasteiger partial charge in [0.25, 0.3) is 0 Å². The quantitative estimate of drug-likeness (QED) is 0.797. The molecule has 106 valence electrons. The molecule has 1 aliphatic heterocycles. The largest absolute Gasteiger partial charge is 0.376 e. The van der Waals surface area contributed by atoms with Gasteiger partial charge in [-0.15, -0.1) is 0 Å². The minimum atomic E-state index is 0.376. The highest BCUT2D eigenvalue weighted by atomic mass is 16.5. The van der Waals surface area contributed by atoms with Gasteiger partial charge in [0.15, 0.2) is 0 Å². The number of rotatable bonds is 5. The molecule has 1 unspecified atom stereocenters. The van der Waals surface area contributed by atoms with E-state index in [1.54, 1.807) is 0 Å². The molecule has 1 atom stereocenters. The summed E-state index contributed by atoms with van der Waals surface area (Å²) >= 11 is 0. The van der Waals surface area contributed by atoms with E-state index in [4.69, 9.17) is 4.74 Å². The molecule has 3 heteroatoms. The Morgan fingerprint density at radius 3 is 2.63 bits per heavy atom. The van der Waals surface area contributed by atoms with Gasteiger partial charge in [-0.2, -0.15) is 0 Å². The summed E-state index contributed by atoms with van der Waals surface area (Å²) in [5.74, 6) is 0. The maximum atomic E-state index is 5.69. The third kappa shape index (κ3) is 4.30. The van der Waals surface area contributed by atoms with Crippen LogP contribution < -0.4 is 10.6 Å². The summed E-state index contributed by atoms with van der Waals surface area (Å²) in [6.45, 7) is 11.4. The minimum absolute atomic E-state index is 0.376. The SMILES string of the molecule is Cc1cc(C)c(CNCCC2CNCCO2)c(C)c1. The molecule has 0 amide bonds. The van der Waals surface area contributed by atoms with Crippen LogP contribution in [0.3, 0.4) is 0 Å². The summed E-state index contributed by atoms with van der Waals surface area (Å²) in [4.78, 5) is 0. The molecule has 1 aromatic carbocycles. The van der Waals surface area contributed by atoms with Crippen LogP contribution in [0, 0.1) is 20.8 Å². The van der Waals surface area contributed by atoms with Crippen molar-refractivity contribution in [1.29, 1.82) is 0 Å². The summed E-state index contributed by atoms with van der Waals surface area (Å²) in [7, 11) is 0. The molecule has 0 aromatic heterocycles. The van der Waals surface area contributed by atoms with Crippen molar-refractivity contribution in [3.05, 3.63) is 34.4 Å². The average Bonchev–Trinajstić information content (AvgIpc) is 2.38. The first-order valence-electron chi connectivity index (χ1n) is 7.26. The molecule has 1 fully saturated rings. The maximum absolute atomic E-state index is 5.69. The fourth-order valence-corrected chi connectivity index (χ4v) is 2.77. The van der Waals surface area contributed by atoms with Crippen LogP contribution in [0.4, 0.5) is 0 Å². The van der Waals surface area contributed by atoms with E-state index in [0.717, 1.165) is 39.2 Å². The van der Waals surface area contributed by atoms with E-state index in [1.165, 1.54) is 22.3 Å². The van der Waals surface area contributed by atoms with Crippen molar-refractivity contribution in [2.45, 2.75) is 39.8 Å². The third-order valence-electron chi connectivity index (χ3n) is 3.79. The van der Waals surface area contributed by atoms with Crippen molar-refractivity contribution in [2.75, 3.05) is 26.2 Å². The summed E-state index contributed by atoms with van der Waals surface area (Å²) in [6.07, 6.45) is 1.46. The van der Waals surface area contributed by atoms with Crippen molar-refractivity contribution in [2.24, 2.45) is 0 Å². The normalized spacial score (nSPS) is 19.6. The fraction of sp³-hybridized carbons (Fsp3) is 0.625. The molecule has 1 aromatic rings. The third-order valence-corrected chi connectivity index (χ3v) is 3.79. The van der Waals surface area contributed by atoms with E-state index in [0.29, 0.717) is 6.10 Å². The monoisotopic (exact) mass is 262 g/mol. The van der Waals surface area contributed by atoms with E-state index in [2.05, 4.69) is 43.5 Å². The van der Waals surface area contributed by atoms with Crippen molar-refractivity contribution in [3.63, 3.8) is 0 Å². The van der Waals surface area contributed by atoms with Gasteiger partial charge in [-0.1, -0.05) is 17.7 Å². The number of aryl methyl sites for hydroxylation is 3. The number of ether oxygens (including phenoxy) is 1. The molecule has 1 aliphatic rings. The van der Waals surface area contributed by atoms with Gasteiger partial charge >= 0.3 is 0 Å². The van der Waals surface area contributed by atoms with Crippen LogP contribution in [0.2, 0.25) is 0 Å². The summed E-state index contributed by atoms with van der Waals surface area (Å²) in [6, 6.07) is 4.52. The zero-order chi connectivity index (χ0) is 13.7. The lowest BCUT2D eigenvalue weighted by atomic mass is 10.00. The zero-order valence-corrected chi connectivity index (χ0v) is 12.4. The Kier molecular flexibility index (Phi) is 5.37. The standard InChI is InChI=1S/C16H26N2O/c1-12-8-13(2)16(14(3)9-12)11-17-5-4-15-10-18-6-7-19-15/h8-9,15,17-18H,4-7,10-11H2,1-3H3. The molecule has 2 N–H and O–H groups in total. The Morgan fingerprint density at radius 2 is 2.00 bits per heavy atom. The van der Waals surface area contributed by atoms with E-state index in [9.17, 15) is 0 Å². The first-order chi connectivity index (χ1) is 9.16. The van der Waals surface area contributed by atoms with Gasteiger partial charge in [-0.3, -0.25) is 0 Å². The lowest BCUT2D eigenvalue weighted by Gasteiger charge is -2.23. The van der Waals surface area contributed by atoms with Crippen LogP contribution in [0.25, 0.3) is 0 Å². The highest BCUT2D eigenvalue weighted by Crippen LogP contribution is 2.16. The molecule has 1 heterocycles. The predicted octanol–water partition coefficient (Wildman–Crippen LogP) is 2.08. The van der Waals surface area contributed by atoms with E-state index in [1.807, 2.05) is 0 Å². The van der Waals surface area contributed by atoms with Crippen LogP contribution in [-0.2, 0) is 11.3 Å². The second-order valence-electron chi connectivity index (χ2n) is 5.54. The second kappa shape index (κ2) is 7.04. The molecule has 2 rings (SSSR count). The van der Waals surface area contributed by atoms with Crippen molar-refractivity contribution in [3.8, 4) is 0 Å². The topological polar surface area (TPSA) is 33.3 Å². The molecule has 0 radical (unpaired) electrons. The Hall–Kier alpha value is -0.900. The van der Waals surface area contributed by atoms with Crippen LogP contribution in [0.5, 0.6) is 0 Å². The first kappa shape index (κ1) is 14.5. The Labute approximate surface area is 116 Å². The van der Waals surface area contributed by atoms with Gasteiger partial charge in [-0.05, 0) is 50.4 Å². The summed E-state index contributed by atoms with van der Waals surface area (Å²) in [5, 5.41) is 6.91. The Bertz CT molecular complexity index is 388. The number of benzene rings is 1. The van der Waals surface area contributed by atoms with Crippen LogP contribution in [0.1, 0.15) is 28.7 Å². The molecule has 0 spiro atoms. The average molecular weight is 262 g/mol. The van der Waals surface area contributed by atoms with E-state index in [-0.39, 0.29) is 0 Å². The van der Waals surface area contributed by atoms with Gasteiger partial charge < -0.3 is 15.4 Å². The Balaban J connectivity index is 1.76. The fourth-order valence-electron chi connectivity index (χ4n) is 2.77. The zero-order valence-electron chi connectivity index (χ0n) is 12.4. The number of nitrogens with one attached hydrogen (secondary N) is 2. The van der Waals surface area contributed by atoms with Gasteiger partial charge in [0, 0.05) is 19.6 Å². The van der Waals surface area contributed by atoms with Gasteiger partial charge in [-0.25, -0.2) is 0 Å². The van der Waals surface area contributed by atoms with Gasteiger partial charge in [0.05, 0.1) is 12.7 Å².